The van der Waals surface area contributed by atoms with Gasteiger partial charge in [-0.2, -0.15) is 5.10 Å². The molecule has 0 radical (unpaired) electrons. The average Bonchev–Trinajstić information content (AvgIpc) is 2.52. The fourth-order valence-electron chi connectivity index (χ4n) is 0.647. The quantitative estimate of drug-likeness (QED) is 0.531. The minimum absolute atomic E-state index is 0.0594. The Bertz CT molecular complexity index is 220. The monoisotopic (exact) mass is 155 g/mol. The molecule has 0 saturated heterocycles. The summed E-state index contributed by atoms with van der Waals surface area (Å²) in [5.74, 6) is -0.277. The molecular formula is C6H9N3O2. The normalized spacial score (nSPS) is 9.55. The highest BCUT2D eigenvalue weighted by atomic mass is 16.3. The molecular weight excluding hydrogens is 146 g/mol. The number of H-pyrrole nitrogens is 1. The van der Waals surface area contributed by atoms with Gasteiger partial charge >= 0.3 is 0 Å². The molecule has 3 N–H and O–H groups in total. The fourth-order valence-corrected chi connectivity index (χ4v) is 0.647. The largest absolute Gasteiger partial charge is 0.395 e. The first-order valence-electron chi connectivity index (χ1n) is 3.23. The van der Waals surface area contributed by atoms with Crippen molar-refractivity contribution < 1.29 is 9.90 Å². The predicted octanol–water partition coefficient (Wildman–Crippen LogP) is -0.868. The van der Waals surface area contributed by atoms with Crippen molar-refractivity contribution in [2.45, 2.75) is 0 Å². The standard InChI is InChI=1S/C6H9N3O2/c10-4-3-7-6(11)5-1-2-8-9-5/h1-2,10H,3-4H2,(H,7,11)(H,8,9). The van der Waals surface area contributed by atoms with Crippen LogP contribution in [0.2, 0.25) is 0 Å². The van der Waals surface area contributed by atoms with E-state index in [2.05, 4.69) is 15.5 Å². The first-order chi connectivity index (χ1) is 5.34. The zero-order valence-electron chi connectivity index (χ0n) is 5.87. The maximum absolute atomic E-state index is 11.0. The second-order valence-electron chi connectivity index (χ2n) is 1.94. The molecule has 0 bridgehead atoms. The van der Waals surface area contributed by atoms with Gasteiger partial charge in [0.05, 0.1) is 6.61 Å². The Hall–Kier alpha value is -1.36. The van der Waals surface area contributed by atoms with E-state index in [4.69, 9.17) is 5.11 Å². The van der Waals surface area contributed by atoms with Gasteiger partial charge in [-0.1, -0.05) is 0 Å². The third kappa shape index (κ3) is 2.05. The molecule has 1 heterocycles. The number of carbonyl (C=O) groups excluding carboxylic acids is 1. The molecule has 1 rings (SSSR count). The number of aliphatic hydroxyl groups is 1. The number of nitrogens with zero attached hydrogens (tertiary/aromatic N) is 1. The Morgan fingerprint density at radius 3 is 3.18 bits per heavy atom. The third-order valence-electron chi connectivity index (χ3n) is 1.13. The molecule has 0 spiro atoms. The van der Waals surface area contributed by atoms with Gasteiger partial charge in [0.15, 0.2) is 0 Å². The smallest absolute Gasteiger partial charge is 0.271 e. The Kier molecular flexibility index (Phi) is 2.62. The van der Waals surface area contributed by atoms with Crippen LogP contribution in [0.3, 0.4) is 0 Å². The van der Waals surface area contributed by atoms with Gasteiger partial charge in [0, 0.05) is 12.7 Å². The number of amides is 1. The van der Waals surface area contributed by atoms with Crippen LogP contribution in [0.15, 0.2) is 12.3 Å². The molecule has 0 aliphatic heterocycles. The highest BCUT2D eigenvalue weighted by Gasteiger charge is 2.04. The van der Waals surface area contributed by atoms with E-state index in [1.54, 1.807) is 12.3 Å². The van der Waals surface area contributed by atoms with E-state index in [0.29, 0.717) is 5.69 Å². The summed E-state index contributed by atoms with van der Waals surface area (Å²) in [7, 11) is 0. The van der Waals surface area contributed by atoms with Gasteiger partial charge in [-0.15, -0.1) is 0 Å². The highest BCUT2D eigenvalue weighted by molar-refractivity contribution is 5.91. The zero-order valence-corrected chi connectivity index (χ0v) is 5.87. The number of nitrogens with one attached hydrogen (secondary N) is 2. The molecule has 0 aliphatic rings. The van der Waals surface area contributed by atoms with E-state index in [-0.39, 0.29) is 19.1 Å². The minimum atomic E-state index is -0.277. The van der Waals surface area contributed by atoms with Gasteiger partial charge in [0.2, 0.25) is 0 Å². The number of aliphatic hydroxyl groups excluding tert-OH is 1. The van der Waals surface area contributed by atoms with Gasteiger partial charge in [0.25, 0.3) is 5.91 Å². The van der Waals surface area contributed by atoms with Crippen molar-refractivity contribution in [3.8, 4) is 0 Å². The Morgan fingerprint density at radius 1 is 1.82 bits per heavy atom. The summed E-state index contributed by atoms with van der Waals surface area (Å²) >= 11 is 0. The topological polar surface area (TPSA) is 78.0 Å². The van der Waals surface area contributed by atoms with Gasteiger partial charge in [-0.05, 0) is 6.07 Å². The van der Waals surface area contributed by atoms with E-state index < -0.39 is 0 Å². The summed E-state index contributed by atoms with van der Waals surface area (Å²) in [6.45, 7) is 0.196. The lowest BCUT2D eigenvalue weighted by Crippen LogP contribution is -2.26. The van der Waals surface area contributed by atoms with E-state index in [1.165, 1.54) is 0 Å². The zero-order chi connectivity index (χ0) is 8.10. The first kappa shape index (κ1) is 7.74. The van der Waals surface area contributed by atoms with E-state index >= 15 is 0 Å². The fraction of sp³-hybridized carbons (Fsp3) is 0.333. The van der Waals surface area contributed by atoms with Crippen molar-refractivity contribution in [2.24, 2.45) is 0 Å². The number of hydrogen-bond acceptors (Lipinski definition) is 3. The average molecular weight is 155 g/mol. The van der Waals surface area contributed by atoms with Crippen molar-refractivity contribution in [3.63, 3.8) is 0 Å². The minimum Gasteiger partial charge on any atom is -0.395 e. The van der Waals surface area contributed by atoms with Gasteiger partial charge in [0.1, 0.15) is 5.69 Å². The SMILES string of the molecule is O=C(NCCO)c1cc[nH]n1. The van der Waals surface area contributed by atoms with Crippen LogP contribution in [0, 0.1) is 0 Å². The van der Waals surface area contributed by atoms with E-state index in [0.717, 1.165) is 0 Å². The summed E-state index contributed by atoms with van der Waals surface area (Å²) in [4.78, 5) is 11.0. The molecule has 1 aromatic heterocycles. The summed E-state index contributed by atoms with van der Waals surface area (Å²) < 4.78 is 0. The maximum Gasteiger partial charge on any atom is 0.271 e. The van der Waals surface area contributed by atoms with Crippen molar-refractivity contribution in [3.05, 3.63) is 18.0 Å². The number of rotatable bonds is 3. The van der Waals surface area contributed by atoms with Crippen LogP contribution in [-0.4, -0.2) is 34.4 Å². The summed E-state index contributed by atoms with van der Waals surface area (Å²) in [6, 6.07) is 1.56. The molecule has 5 heteroatoms. The lowest BCUT2D eigenvalue weighted by atomic mass is 10.4. The summed E-state index contributed by atoms with van der Waals surface area (Å²) in [5, 5.41) is 17.0. The third-order valence-corrected chi connectivity index (χ3v) is 1.13. The molecule has 1 aromatic rings. The second-order valence-corrected chi connectivity index (χ2v) is 1.94. The molecule has 0 saturated carbocycles. The Balaban J connectivity index is 2.43. The van der Waals surface area contributed by atoms with Gasteiger partial charge in [-0.3, -0.25) is 9.89 Å². The van der Waals surface area contributed by atoms with E-state index in [9.17, 15) is 4.79 Å². The molecule has 11 heavy (non-hydrogen) atoms. The van der Waals surface area contributed by atoms with Crippen molar-refractivity contribution in [2.75, 3.05) is 13.2 Å². The van der Waals surface area contributed by atoms with Gasteiger partial charge in [-0.25, -0.2) is 0 Å². The highest BCUT2D eigenvalue weighted by Crippen LogP contribution is 1.89. The van der Waals surface area contributed by atoms with Crippen molar-refractivity contribution >= 4 is 5.91 Å². The van der Waals surface area contributed by atoms with Crippen LogP contribution in [0.1, 0.15) is 10.5 Å². The Morgan fingerprint density at radius 2 is 2.64 bits per heavy atom. The summed E-state index contributed by atoms with van der Waals surface area (Å²) in [5.41, 5.74) is 0.332. The summed E-state index contributed by atoms with van der Waals surface area (Å²) in [6.07, 6.45) is 1.56. The van der Waals surface area contributed by atoms with Crippen LogP contribution in [0.5, 0.6) is 0 Å². The number of hydrogen-bond donors (Lipinski definition) is 3. The molecule has 0 atom stereocenters. The molecule has 5 nitrogen and oxygen atoms in total. The molecule has 1 amide bonds. The van der Waals surface area contributed by atoms with Crippen LogP contribution in [-0.2, 0) is 0 Å². The van der Waals surface area contributed by atoms with Crippen LogP contribution >= 0.6 is 0 Å². The molecule has 0 aliphatic carbocycles. The lowest BCUT2D eigenvalue weighted by Gasteiger charge is -1.97. The number of carbonyl (C=O) groups is 1. The van der Waals surface area contributed by atoms with Crippen LogP contribution < -0.4 is 5.32 Å². The first-order valence-corrected chi connectivity index (χ1v) is 3.23. The number of aromatic amines is 1. The van der Waals surface area contributed by atoms with E-state index in [1.807, 2.05) is 0 Å². The van der Waals surface area contributed by atoms with Crippen LogP contribution in [0.25, 0.3) is 0 Å². The molecule has 0 aromatic carbocycles. The van der Waals surface area contributed by atoms with Gasteiger partial charge < -0.3 is 10.4 Å². The molecule has 0 fully saturated rings. The van der Waals surface area contributed by atoms with Crippen molar-refractivity contribution in [1.82, 2.24) is 15.5 Å². The molecule has 60 valence electrons. The second kappa shape index (κ2) is 3.72. The Labute approximate surface area is 63.4 Å². The maximum atomic E-state index is 11.0. The molecule has 0 unspecified atom stereocenters. The lowest BCUT2D eigenvalue weighted by molar-refractivity contribution is 0.0940. The predicted molar refractivity (Wildman–Crippen MR) is 38.0 cm³/mol. The number of aromatic nitrogens is 2. The van der Waals surface area contributed by atoms with Crippen LogP contribution in [0.4, 0.5) is 0 Å². The van der Waals surface area contributed by atoms with Crippen molar-refractivity contribution in [1.29, 1.82) is 0 Å².